The van der Waals surface area contributed by atoms with Gasteiger partial charge in [-0.25, -0.2) is 0 Å². The van der Waals surface area contributed by atoms with Crippen LogP contribution in [0.2, 0.25) is 0 Å². The Kier molecular flexibility index (Phi) is 5.12. The van der Waals surface area contributed by atoms with Crippen molar-refractivity contribution in [3.8, 4) is 0 Å². The Labute approximate surface area is 131 Å². The van der Waals surface area contributed by atoms with Gasteiger partial charge < -0.3 is 16.0 Å². The Morgan fingerprint density at radius 3 is 2.57 bits per heavy atom. The first-order chi connectivity index (χ1) is 10.7. The maximum Gasteiger partial charge on any atom is 0.406 e. The number of likely N-dealkylation sites (tertiary alicyclic amines) is 1. The normalized spacial score (nSPS) is 18.3. The lowest BCUT2D eigenvalue weighted by molar-refractivity contribution is -0.157. The number of carbonyl (C=O) groups is 2. The van der Waals surface area contributed by atoms with Crippen molar-refractivity contribution >= 4 is 17.5 Å². The first-order valence-corrected chi connectivity index (χ1v) is 7.21. The number of alkyl halides is 3. The summed E-state index contributed by atoms with van der Waals surface area (Å²) in [4.78, 5) is 24.2. The van der Waals surface area contributed by atoms with Crippen molar-refractivity contribution in [3.63, 3.8) is 0 Å². The molecule has 0 aromatic heterocycles. The number of nitrogen functional groups attached to an aromatic ring is 1. The average molecular weight is 329 g/mol. The number of benzene rings is 1. The zero-order valence-electron chi connectivity index (χ0n) is 12.4. The van der Waals surface area contributed by atoms with Crippen LogP contribution in [0, 0.1) is 5.92 Å². The van der Waals surface area contributed by atoms with Gasteiger partial charge in [-0.2, -0.15) is 13.2 Å². The molecule has 23 heavy (non-hydrogen) atoms. The van der Waals surface area contributed by atoms with Crippen LogP contribution in [-0.2, 0) is 16.0 Å². The van der Waals surface area contributed by atoms with Gasteiger partial charge in [0.2, 0.25) is 11.8 Å². The molecule has 1 aromatic rings. The summed E-state index contributed by atoms with van der Waals surface area (Å²) < 4.78 is 37.0. The van der Waals surface area contributed by atoms with E-state index in [1.54, 1.807) is 12.1 Å². The summed E-state index contributed by atoms with van der Waals surface area (Å²) in [5, 5.41) is 2.66. The maximum absolute atomic E-state index is 12.3. The highest BCUT2D eigenvalue weighted by atomic mass is 19.4. The third-order valence-corrected chi connectivity index (χ3v) is 3.65. The molecule has 1 heterocycles. The van der Waals surface area contributed by atoms with Gasteiger partial charge in [0.15, 0.2) is 0 Å². The van der Waals surface area contributed by atoms with E-state index in [0.717, 1.165) is 5.56 Å². The Bertz CT molecular complexity index is 572. The lowest BCUT2D eigenvalue weighted by Gasteiger charge is -2.18. The molecule has 0 aliphatic carbocycles. The number of rotatable bonds is 5. The van der Waals surface area contributed by atoms with Gasteiger partial charge in [-0.1, -0.05) is 12.1 Å². The molecule has 1 aromatic carbocycles. The summed E-state index contributed by atoms with van der Waals surface area (Å²) in [5.41, 5.74) is 7.20. The topological polar surface area (TPSA) is 75.4 Å². The van der Waals surface area contributed by atoms with Crippen LogP contribution in [0.25, 0.3) is 0 Å². The molecule has 1 unspecified atom stereocenters. The van der Waals surface area contributed by atoms with Crippen molar-refractivity contribution in [3.05, 3.63) is 29.8 Å². The molecule has 1 fully saturated rings. The van der Waals surface area contributed by atoms with Gasteiger partial charge in [-0.05, 0) is 24.1 Å². The lowest BCUT2D eigenvalue weighted by Crippen LogP contribution is -2.37. The predicted octanol–water partition coefficient (Wildman–Crippen LogP) is 1.34. The minimum atomic E-state index is -4.45. The standard InChI is InChI=1S/C15H18F3N3O2/c16-15(17,18)9-21-8-11(7-13(21)22)14(23)20-6-5-10-1-3-12(19)4-2-10/h1-4,11H,5-9,19H2,(H,20,23). The first-order valence-electron chi connectivity index (χ1n) is 7.21. The fourth-order valence-electron chi connectivity index (χ4n) is 2.48. The molecule has 0 spiro atoms. The van der Waals surface area contributed by atoms with Crippen molar-refractivity contribution in [2.75, 3.05) is 25.4 Å². The molecule has 1 aliphatic rings. The molecule has 126 valence electrons. The number of hydrogen-bond donors (Lipinski definition) is 2. The van der Waals surface area contributed by atoms with Crippen molar-refractivity contribution in [1.82, 2.24) is 10.2 Å². The largest absolute Gasteiger partial charge is 0.406 e. The zero-order chi connectivity index (χ0) is 17.0. The van der Waals surface area contributed by atoms with E-state index in [2.05, 4.69) is 5.32 Å². The smallest absolute Gasteiger partial charge is 0.399 e. The Morgan fingerprint density at radius 1 is 1.30 bits per heavy atom. The van der Waals surface area contributed by atoms with Crippen molar-refractivity contribution < 1.29 is 22.8 Å². The lowest BCUT2D eigenvalue weighted by atomic mass is 10.1. The number of nitrogens with one attached hydrogen (secondary N) is 1. The fourth-order valence-corrected chi connectivity index (χ4v) is 2.48. The average Bonchev–Trinajstić information content (AvgIpc) is 2.80. The molecule has 1 atom stereocenters. The van der Waals surface area contributed by atoms with E-state index < -0.39 is 30.5 Å². The van der Waals surface area contributed by atoms with E-state index in [0.29, 0.717) is 23.6 Å². The number of hydrogen-bond acceptors (Lipinski definition) is 3. The number of anilines is 1. The van der Waals surface area contributed by atoms with E-state index >= 15 is 0 Å². The fraction of sp³-hybridized carbons (Fsp3) is 0.467. The van der Waals surface area contributed by atoms with Gasteiger partial charge in [0, 0.05) is 25.2 Å². The molecule has 2 amide bonds. The predicted molar refractivity (Wildman–Crippen MR) is 78.3 cm³/mol. The van der Waals surface area contributed by atoms with Crippen LogP contribution in [0.3, 0.4) is 0 Å². The summed E-state index contributed by atoms with van der Waals surface area (Å²) in [5.74, 6) is -1.75. The van der Waals surface area contributed by atoms with Gasteiger partial charge in [0.05, 0.1) is 5.92 Å². The summed E-state index contributed by atoms with van der Waals surface area (Å²) in [6, 6.07) is 7.18. The highest BCUT2D eigenvalue weighted by Crippen LogP contribution is 2.23. The molecule has 0 radical (unpaired) electrons. The van der Waals surface area contributed by atoms with Crippen molar-refractivity contribution in [1.29, 1.82) is 0 Å². The Hall–Kier alpha value is -2.25. The second kappa shape index (κ2) is 6.89. The van der Waals surface area contributed by atoms with Gasteiger partial charge in [0.1, 0.15) is 6.54 Å². The highest BCUT2D eigenvalue weighted by molar-refractivity contribution is 5.89. The van der Waals surface area contributed by atoms with Gasteiger partial charge in [-0.15, -0.1) is 0 Å². The van der Waals surface area contributed by atoms with Crippen LogP contribution in [0.15, 0.2) is 24.3 Å². The van der Waals surface area contributed by atoms with Gasteiger partial charge in [0.25, 0.3) is 0 Å². The van der Waals surface area contributed by atoms with E-state index in [9.17, 15) is 22.8 Å². The summed E-state index contributed by atoms with van der Waals surface area (Å²) >= 11 is 0. The van der Waals surface area contributed by atoms with E-state index in [4.69, 9.17) is 5.73 Å². The van der Waals surface area contributed by atoms with Gasteiger partial charge in [-0.3, -0.25) is 9.59 Å². The van der Waals surface area contributed by atoms with Gasteiger partial charge >= 0.3 is 6.18 Å². The molecule has 1 saturated heterocycles. The second-order valence-electron chi connectivity index (χ2n) is 5.57. The zero-order valence-corrected chi connectivity index (χ0v) is 12.4. The van der Waals surface area contributed by atoms with Crippen LogP contribution >= 0.6 is 0 Å². The summed E-state index contributed by atoms with van der Waals surface area (Å²) in [7, 11) is 0. The third-order valence-electron chi connectivity index (χ3n) is 3.65. The molecular weight excluding hydrogens is 311 g/mol. The van der Waals surface area contributed by atoms with Crippen LogP contribution in [0.5, 0.6) is 0 Å². The molecule has 0 bridgehead atoms. The van der Waals surface area contributed by atoms with Crippen LogP contribution in [0.1, 0.15) is 12.0 Å². The van der Waals surface area contributed by atoms with E-state index in [1.807, 2.05) is 12.1 Å². The minimum Gasteiger partial charge on any atom is -0.399 e. The molecule has 8 heteroatoms. The van der Waals surface area contributed by atoms with Crippen LogP contribution < -0.4 is 11.1 Å². The molecule has 2 rings (SSSR count). The van der Waals surface area contributed by atoms with E-state index in [-0.39, 0.29) is 13.0 Å². The molecule has 1 aliphatic heterocycles. The number of amides is 2. The van der Waals surface area contributed by atoms with Crippen molar-refractivity contribution in [2.24, 2.45) is 5.92 Å². The number of carbonyl (C=O) groups excluding carboxylic acids is 2. The van der Waals surface area contributed by atoms with Crippen LogP contribution in [-0.4, -0.2) is 42.5 Å². The van der Waals surface area contributed by atoms with Crippen LogP contribution in [0.4, 0.5) is 18.9 Å². The maximum atomic E-state index is 12.3. The summed E-state index contributed by atoms with van der Waals surface area (Å²) in [6.45, 7) is -1.14. The Balaban J connectivity index is 1.78. The number of halogens is 3. The molecule has 5 nitrogen and oxygen atoms in total. The summed E-state index contributed by atoms with van der Waals surface area (Å²) in [6.07, 6.45) is -4.04. The Morgan fingerprint density at radius 2 is 1.96 bits per heavy atom. The monoisotopic (exact) mass is 329 g/mol. The molecular formula is C15H18F3N3O2. The number of nitrogens with two attached hydrogens (primary N) is 1. The minimum absolute atomic E-state index is 0.177. The second-order valence-corrected chi connectivity index (χ2v) is 5.57. The van der Waals surface area contributed by atoms with E-state index in [1.165, 1.54) is 0 Å². The first kappa shape index (κ1) is 17.1. The highest BCUT2D eigenvalue weighted by Gasteiger charge is 2.40. The quantitative estimate of drug-likeness (QED) is 0.801. The number of nitrogens with zero attached hydrogens (tertiary/aromatic N) is 1. The molecule has 3 N–H and O–H groups in total. The molecule has 0 saturated carbocycles. The third kappa shape index (κ3) is 5.15. The van der Waals surface area contributed by atoms with Crippen molar-refractivity contribution in [2.45, 2.75) is 19.0 Å². The SMILES string of the molecule is Nc1ccc(CCNC(=O)C2CC(=O)N(CC(F)(F)F)C2)cc1.